The van der Waals surface area contributed by atoms with Crippen molar-refractivity contribution in [1.29, 1.82) is 0 Å². The largest absolute Gasteiger partial charge is 0.457 e. The third-order valence-corrected chi connectivity index (χ3v) is 3.55. The van der Waals surface area contributed by atoms with Gasteiger partial charge in [-0.15, -0.1) is 0 Å². The maximum atomic E-state index is 10.9. The molecular formula is C14H11Cl2NO3. The van der Waals surface area contributed by atoms with E-state index in [4.69, 9.17) is 27.9 Å². The van der Waals surface area contributed by atoms with E-state index in [0.717, 1.165) is 0 Å². The highest BCUT2D eigenvalue weighted by molar-refractivity contribution is 6.42. The van der Waals surface area contributed by atoms with Gasteiger partial charge < -0.3 is 4.74 Å². The fourth-order valence-corrected chi connectivity index (χ4v) is 2.04. The highest BCUT2D eigenvalue weighted by Crippen LogP contribution is 2.33. The van der Waals surface area contributed by atoms with Crippen LogP contribution in [0.1, 0.15) is 11.1 Å². The Balaban J connectivity index is 2.36. The predicted octanol–water partition coefficient (Wildman–Crippen LogP) is 5.31. The van der Waals surface area contributed by atoms with Crippen LogP contribution in [0.2, 0.25) is 10.0 Å². The van der Waals surface area contributed by atoms with Gasteiger partial charge in [-0.2, -0.15) is 0 Å². The average molecular weight is 312 g/mol. The highest BCUT2D eigenvalue weighted by atomic mass is 35.5. The molecule has 0 aromatic heterocycles. The molecule has 0 unspecified atom stereocenters. The van der Waals surface area contributed by atoms with Crippen molar-refractivity contribution in [2.45, 2.75) is 13.8 Å². The van der Waals surface area contributed by atoms with Gasteiger partial charge in [0.15, 0.2) is 0 Å². The third kappa shape index (κ3) is 3.03. The second kappa shape index (κ2) is 5.69. The Morgan fingerprint density at radius 1 is 1.05 bits per heavy atom. The van der Waals surface area contributed by atoms with Crippen molar-refractivity contribution in [3.63, 3.8) is 0 Å². The summed E-state index contributed by atoms with van der Waals surface area (Å²) in [6, 6.07) is 8.04. The molecule has 0 bridgehead atoms. The lowest BCUT2D eigenvalue weighted by Crippen LogP contribution is -1.95. The fourth-order valence-electron chi connectivity index (χ4n) is 1.75. The van der Waals surface area contributed by atoms with Gasteiger partial charge in [0.05, 0.1) is 15.0 Å². The molecule has 0 spiro atoms. The van der Waals surface area contributed by atoms with E-state index < -0.39 is 4.92 Å². The van der Waals surface area contributed by atoms with E-state index in [1.54, 1.807) is 38.1 Å². The van der Waals surface area contributed by atoms with E-state index in [1.807, 2.05) is 0 Å². The Kier molecular flexibility index (Phi) is 4.16. The summed E-state index contributed by atoms with van der Waals surface area (Å²) in [5.74, 6) is 1.07. The van der Waals surface area contributed by atoms with Gasteiger partial charge in [-0.1, -0.05) is 23.2 Å². The van der Waals surface area contributed by atoms with Crippen molar-refractivity contribution in [2.75, 3.05) is 0 Å². The minimum Gasteiger partial charge on any atom is -0.457 e. The van der Waals surface area contributed by atoms with E-state index in [1.165, 1.54) is 6.07 Å². The molecular weight excluding hydrogens is 301 g/mol. The highest BCUT2D eigenvalue weighted by Gasteiger charge is 2.14. The number of ether oxygens (including phenoxy) is 1. The van der Waals surface area contributed by atoms with Crippen LogP contribution in [0.3, 0.4) is 0 Å². The molecule has 0 N–H and O–H groups in total. The monoisotopic (exact) mass is 311 g/mol. The Hall–Kier alpha value is -1.78. The first-order valence-corrected chi connectivity index (χ1v) is 6.52. The SMILES string of the molecule is Cc1cc([N+](=O)[O-])c(C)cc1Oc1ccc(Cl)c(Cl)c1. The van der Waals surface area contributed by atoms with Crippen LogP contribution in [0.15, 0.2) is 30.3 Å². The first-order chi connectivity index (χ1) is 9.38. The van der Waals surface area contributed by atoms with E-state index in [-0.39, 0.29) is 5.69 Å². The molecule has 0 saturated carbocycles. The second-order valence-electron chi connectivity index (χ2n) is 4.34. The number of nitro groups is 1. The van der Waals surface area contributed by atoms with Gasteiger partial charge in [0, 0.05) is 17.7 Å². The molecule has 6 heteroatoms. The second-order valence-corrected chi connectivity index (χ2v) is 5.15. The molecule has 0 aliphatic heterocycles. The molecule has 104 valence electrons. The minimum atomic E-state index is -0.411. The first-order valence-electron chi connectivity index (χ1n) is 5.77. The van der Waals surface area contributed by atoms with Crippen molar-refractivity contribution in [1.82, 2.24) is 0 Å². The van der Waals surface area contributed by atoms with Crippen LogP contribution in [0.4, 0.5) is 5.69 Å². The lowest BCUT2D eigenvalue weighted by atomic mass is 10.1. The topological polar surface area (TPSA) is 52.4 Å². The smallest absolute Gasteiger partial charge is 0.272 e. The molecule has 0 amide bonds. The predicted molar refractivity (Wildman–Crippen MR) is 79.1 cm³/mol. The molecule has 0 fully saturated rings. The number of aryl methyl sites for hydroxylation is 2. The van der Waals surface area contributed by atoms with Gasteiger partial charge in [0.25, 0.3) is 5.69 Å². The molecule has 2 aromatic rings. The van der Waals surface area contributed by atoms with Crippen LogP contribution >= 0.6 is 23.2 Å². The van der Waals surface area contributed by atoms with Gasteiger partial charge in [0.1, 0.15) is 11.5 Å². The summed E-state index contributed by atoms with van der Waals surface area (Å²) in [7, 11) is 0. The van der Waals surface area contributed by atoms with Crippen LogP contribution in [-0.2, 0) is 0 Å². The number of halogens is 2. The summed E-state index contributed by atoms with van der Waals surface area (Å²) in [5, 5.41) is 11.7. The summed E-state index contributed by atoms with van der Waals surface area (Å²) in [6.45, 7) is 3.42. The van der Waals surface area contributed by atoms with Crippen LogP contribution in [0, 0.1) is 24.0 Å². The molecule has 0 saturated heterocycles. The number of nitro benzene ring substituents is 1. The quantitative estimate of drug-likeness (QED) is 0.570. The van der Waals surface area contributed by atoms with E-state index in [2.05, 4.69) is 0 Å². The molecule has 2 aromatic carbocycles. The zero-order chi connectivity index (χ0) is 14.9. The van der Waals surface area contributed by atoms with Gasteiger partial charge in [-0.25, -0.2) is 0 Å². The van der Waals surface area contributed by atoms with Crippen molar-refractivity contribution < 1.29 is 9.66 Å². The van der Waals surface area contributed by atoms with Crippen LogP contribution < -0.4 is 4.74 Å². The molecule has 20 heavy (non-hydrogen) atoms. The first kappa shape index (κ1) is 14.6. The van der Waals surface area contributed by atoms with Crippen molar-refractivity contribution in [3.8, 4) is 11.5 Å². The Morgan fingerprint density at radius 3 is 2.35 bits per heavy atom. The van der Waals surface area contributed by atoms with Crippen molar-refractivity contribution >= 4 is 28.9 Å². The summed E-state index contributed by atoms with van der Waals surface area (Å²) in [6.07, 6.45) is 0. The standard InChI is InChI=1S/C14H11Cl2NO3/c1-8-6-14(9(2)5-13(8)17(18)19)20-10-3-4-11(15)12(16)7-10/h3-7H,1-2H3. The van der Waals surface area contributed by atoms with Crippen LogP contribution in [-0.4, -0.2) is 4.92 Å². The van der Waals surface area contributed by atoms with Gasteiger partial charge in [0.2, 0.25) is 0 Å². The summed E-state index contributed by atoms with van der Waals surface area (Å²) in [5.41, 5.74) is 1.29. The molecule has 0 atom stereocenters. The summed E-state index contributed by atoms with van der Waals surface area (Å²) < 4.78 is 5.69. The summed E-state index contributed by atoms with van der Waals surface area (Å²) >= 11 is 11.7. The Bertz CT molecular complexity index is 686. The number of rotatable bonds is 3. The maximum Gasteiger partial charge on any atom is 0.272 e. The Labute approximate surface area is 126 Å². The maximum absolute atomic E-state index is 10.9. The lowest BCUT2D eigenvalue weighted by molar-refractivity contribution is -0.385. The molecule has 0 aliphatic carbocycles. The third-order valence-electron chi connectivity index (χ3n) is 2.81. The van der Waals surface area contributed by atoms with Gasteiger partial charge in [-0.05, 0) is 37.6 Å². The molecule has 0 heterocycles. The molecule has 0 radical (unpaired) electrons. The average Bonchev–Trinajstić information content (AvgIpc) is 2.37. The van der Waals surface area contributed by atoms with Crippen LogP contribution in [0.25, 0.3) is 0 Å². The molecule has 2 rings (SSSR count). The zero-order valence-corrected chi connectivity index (χ0v) is 12.3. The van der Waals surface area contributed by atoms with Crippen molar-refractivity contribution in [3.05, 3.63) is 61.6 Å². The van der Waals surface area contributed by atoms with E-state index >= 15 is 0 Å². The fraction of sp³-hybridized carbons (Fsp3) is 0.143. The lowest BCUT2D eigenvalue weighted by Gasteiger charge is -2.10. The normalized spacial score (nSPS) is 10.4. The minimum absolute atomic E-state index is 0.0731. The van der Waals surface area contributed by atoms with Gasteiger partial charge >= 0.3 is 0 Å². The number of hydrogen-bond donors (Lipinski definition) is 0. The zero-order valence-electron chi connectivity index (χ0n) is 10.8. The molecule has 0 aliphatic rings. The Morgan fingerprint density at radius 2 is 1.75 bits per heavy atom. The number of benzene rings is 2. The number of nitrogens with zero attached hydrogens (tertiary/aromatic N) is 1. The van der Waals surface area contributed by atoms with Crippen LogP contribution in [0.5, 0.6) is 11.5 Å². The van der Waals surface area contributed by atoms with E-state index in [9.17, 15) is 10.1 Å². The van der Waals surface area contributed by atoms with Crippen molar-refractivity contribution in [2.24, 2.45) is 0 Å². The van der Waals surface area contributed by atoms with Gasteiger partial charge in [-0.3, -0.25) is 10.1 Å². The van der Waals surface area contributed by atoms with E-state index in [0.29, 0.717) is 32.7 Å². The summed E-state index contributed by atoms with van der Waals surface area (Å²) in [4.78, 5) is 10.4. The molecule has 4 nitrogen and oxygen atoms in total. The number of hydrogen-bond acceptors (Lipinski definition) is 3.